The first kappa shape index (κ1) is 23.5. The lowest BCUT2D eigenvalue weighted by molar-refractivity contribution is 0.0945. The molecule has 6 nitrogen and oxygen atoms in total. The monoisotopic (exact) mass is 501 g/mol. The van der Waals surface area contributed by atoms with Gasteiger partial charge < -0.3 is 10.3 Å². The van der Waals surface area contributed by atoms with Gasteiger partial charge in [-0.1, -0.05) is 71.7 Å². The summed E-state index contributed by atoms with van der Waals surface area (Å²) >= 11 is 12.4. The number of aromatic amines is 1. The Hall–Kier alpha value is -2.68. The van der Waals surface area contributed by atoms with Crippen LogP contribution in [-0.2, 0) is 16.4 Å². The number of carbonyl (C=O) groups is 1. The highest BCUT2D eigenvalue weighted by atomic mass is 35.5. The van der Waals surface area contributed by atoms with Crippen molar-refractivity contribution in [1.29, 1.82) is 0 Å². The number of nitrogens with two attached hydrogens (primary N) is 1. The van der Waals surface area contributed by atoms with Crippen molar-refractivity contribution in [2.75, 3.05) is 6.54 Å². The number of nitrogens with one attached hydrogen (secondary N) is 2. The van der Waals surface area contributed by atoms with Gasteiger partial charge in [0.15, 0.2) is 5.78 Å². The zero-order chi connectivity index (χ0) is 23.6. The van der Waals surface area contributed by atoms with E-state index in [-0.39, 0.29) is 10.7 Å². The van der Waals surface area contributed by atoms with Crippen LogP contribution in [-0.4, -0.2) is 25.7 Å². The summed E-state index contributed by atoms with van der Waals surface area (Å²) in [5.74, 6) is -0.101. The number of rotatable bonds is 8. The number of Topliss-reactive ketones (excluding diaryl/α,β-unsaturated/α-hetero) is 1. The fraction of sp³-hybridized carbons (Fsp3) is 0.125. The van der Waals surface area contributed by atoms with Crippen LogP contribution in [0.1, 0.15) is 27.5 Å². The zero-order valence-electron chi connectivity index (χ0n) is 17.4. The number of primary sulfonamides is 1. The van der Waals surface area contributed by atoms with E-state index in [2.05, 4.69) is 10.3 Å². The molecule has 4 aromatic rings. The molecule has 0 aliphatic carbocycles. The Morgan fingerprint density at radius 1 is 1.00 bits per heavy atom. The van der Waals surface area contributed by atoms with Gasteiger partial charge in [-0.2, -0.15) is 0 Å². The SMILES string of the molecule is NS(=O)(=O)c1ccc(CCNC(C(=O)c2c[nH]c3c(Cl)c(Cl)ccc23)c2ccccc2)cc1. The van der Waals surface area contributed by atoms with Gasteiger partial charge in [0, 0.05) is 23.7 Å². The van der Waals surface area contributed by atoms with Gasteiger partial charge >= 0.3 is 0 Å². The Morgan fingerprint density at radius 2 is 1.70 bits per heavy atom. The van der Waals surface area contributed by atoms with Crippen LogP contribution in [0.25, 0.3) is 10.9 Å². The summed E-state index contributed by atoms with van der Waals surface area (Å²) in [6, 6.07) is 18.7. The van der Waals surface area contributed by atoms with Crippen molar-refractivity contribution >= 4 is 49.9 Å². The van der Waals surface area contributed by atoms with Crippen molar-refractivity contribution < 1.29 is 13.2 Å². The molecule has 0 amide bonds. The van der Waals surface area contributed by atoms with Crippen molar-refractivity contribution in [2.45, 2.75) is 17.4 Å². The summed E-state index contributed by atoms with van der Waals surface area (Å²) in [7, 11) is -3.73. The highest BCUT2D eigenvalue weighted by Crippen LogP contribution is 2.33. The lowest BCUT2D eigenvalue weighted by Crippen LogP contribution is -2.30. The Morgan fingerprint density at radius 3 is 2.36 bits per heavy atom. The summed E-state index contributed by atoms with van der Waals surface area (Å²) in [6.07, 6.45) is 2.25. The minimum absolute atomic E-state index is 0.0645. The van der Waals surface area contributed by atoms with Gasteiger partial charge in [0.25, 0.3) is 0 Å². The number of fused-ring (bicyclic) bond motifs is 1. The Bertz CT molecular complexity index is 1400. The third-order valence-corrected chi connectivity index (χ3v) is 7.15. The van der Waals surface area contributed by atoms with Crippen LogP contribution < -0.4 is 10.5 Å². The van der Waals surface area contributed by atoms with E-state index in [1.165, 1.54) is 12.1 Å². The topological polar surface area (TPSA) is 105 Å². The fourth-order valence-corrected chi connectivity index (χ4v) is 4.60. The first-order valence-electron chi connectivity index (χ1n) is 10.1. The summed E-state index contributed by atoms with van der Waals surface area (Å²) in [5, 5.41) is 9.99. The van der Waals surface area contributed by atoms with Gasteiger partial charge in [-0.15, -0.1) is 0 Å². The number of hydrogen-bond acceptors (Lipinski definition) is 4. The normalized spacial score (nSPS) is 12.7. The van der Waals surface area contributed by atoms with Crippen molar-refractivity contribution in [3.8, 4) is 0 Å². The molecule has 0 bridgehead atoms. The Labute approximate surface area is 201 Å². The number of sulfonamides is 1. The number of aromatic nitrogens is 1. The van der Waals surface area contributed by atoms with E-state index in [0.717, 1.165) is 11.1 Å². The molecule has 1 unspecified atom stereocenters. The molecule has 170 valence electrons. The maximum absolute atomic E-state index is 13.6. The van der Waals surface area contributed by atoms with Crippen molar-refractivity contribution in [1.82, 2.24) is 10.3 Å². The molecule has 3 aromatic carbocycles. The zero-order valence-corrected chi connectivity index (χ0v) is 19.7. The molecular formula is C24H21Cl2N3O3S. The minimum Gasteiger partial charge on any atom is -0.359 e. The van der Waals surface area contributed by atoms with E-state index in [1.54, 1.807) is 30.5 Å². The maximum atomic E-state index is 13.6. The molecule has 0 saturated carbocycles. The maximum Gasteiger partial charge on any atom is 0.238 e. The van der Waals surface area contributed by atoms with Crippen molar-refractivity contribution in [3.63, 3.8) is 0 Å². The molecule has 0 radical (unpaired) electrons. The summed E-state index contributed by atoms with van der Waals surface area (Å²) < 4.78 is 22.9. The number of carbonyl (C=O) groups excluding carboxylic acids is 1. The van der Waals surface area contributed by atoms with Gasteiger partial charge in [0.1, 0.15) is 0 Å². The van der Waals surface area contributed by atoms with E-state index in [0.29, 0.717) is 39.5 Å². The third-order valence-electron chi connectivity index (χ3n) is 5.42. The van der Waals surface area contributed by atoms with E-state index in [9.17, 15) is 13.2 Å². The van der Waals surface area contributed by atoms with E-state index in [4.69, 9.17) is 28.3 Å². The number of hydrogen-bond donors (Lipinski definition) is 3. The van der Waals surface area contributed by atoms with Crippen LogP contribution in [0.2, 0.25) is 10.0 Å². The minimum atomic E-state index is -3.73. The highest BCUT2D eigenvalue weighted by Gasteiger charge is 2.24. The Balaban J connectivity index is 1.56. The first-order chi connectivity index (χ1) is 15.8. The number of H-pyrrole nitrogens is 1. The van der Waals surface area contributed by atoms with E-state index in [1.807, 2.05) is 30.3 Å². The first-order valence-corrected chi connectivity index (χ1v) is 12.5. The summed E-state index contributed by atoms with van der Waals surface area (Å²) in [6.45, 7) is 0.495. The molecule has 1 aromatic heterocycles. The van der Waals surface area contributed by atoms with Crippen molar-refractivity contribution in [2.24, 2.45) is 5.14 Å². The molecule has 4 rings (SSSR count). The average Bonchev–Trinajstić information content (AvgIpc) is 3.24. The molecule has 0 aliphatic rings. The van der Waals surface area contributed by atoms with Crippen molar-refractivity contribution in [3.05, 3.63) is 99.7 Å². The van der Waals surface area contributed by atoms with Gasteiger partial charge in [0.2, 0.25) is 10.0 Å². The van der Waals surface area contributed by atoms with Crippen LogP contribution in [0.3, 0.4) is 0 Å². The van der Waals surface area contributed by atoms with Crippen LogP contribution >= 0.6 is 23.2 Å². The lowest BCUT2D eigenvalue weighted by atomic mass is 9.96. The quantitative estimate of drug-likeness (QED) is 0.299. The molecule has 0 aliphatic heterocycles. The van der Waals surface area contributed by atoms with Crippen LogP contribution in [0.5, 0.6) is 0 Å². The van der Waals surface area contributed by atoms with Gasteiger partial charge in [-0.3, -0.25) is 4.79 Å². The van der Waals surface area contributed by atoms with Gasteiger partial charge in [-0.05, 0) is 35.7 Å². The molecule has 33 heavy (non-hydrogen) atoms. The largest absolute Gasteiger partial charge is 0.359 e. The predicted molar refractivity (Wildman–Crippen MR) is 131 cm³/mol. The second kappa shape index (κ2) is 9.67. The van der Waals surface area contributed by atoms with Crippen LogP contribution in [0.4, 0.5) is 0 Å². The molecule has 0 saturated heterocycles. The van der Waals surface area contributed by atoms with Gasteiger partial charge in [-0.25, -0.2) is 13.6 Å². The molecule has 0 fully saturated rings. The molecule has 1 heterocycles. The third kappa shape index (κ3) is 5.13. The second-order valence-electron chi connectivity index (χ2n) is 7.59. The summed E-state index contributed by atoms with van der Waals surface area (Å²) in [5.41, 5.74) is 2.89. The number of halogens is 2. The summed E-state index contributed by atoms with van der Waals surface area (Å²) in [4.78, 5) is 16.7. The van der Waals surface area contributed by atoms with Crippen LogP contribution in [0.15, 0.2) is 77.8 Å². The predicted octanol–water partition coefficient (Wildman–Crippen LogP) is 4.88. The molecular weight excluding hydrogens is 481 g/mol. The highest BCUT2D eigenvalue weighted by molar-refractivity contribution is 7.89. The van der Waals surface area contributed by atoms with Crippen LogP contribution in [0, 0.1) is 0 Å². The van der Waals surface area contributed by atoms with E-state index < -0.39 is 16.1 Å². The smallest absolute Gasteiger partial charge is 0.238 e. The lowest BCUT2D eigenvalue weighted by Gasteiger charge is -2.18. The van der Waals surface area contributed by atoms with Gasteiger partial charge in [0.05, 0.1) is 26.5 Å². The molecule has 9 heteroatoms. The fourth-order valence-electron chi connectivity index (χ4n) is 3.71. The standard InChI is InChI=1S/C24H21Cl2N3O3S/c25-20-11-10-18-19(14-29-23(18)21(20)26)24(30)22(16-4-2-1-3-5-16)28-13-12-15-6-8-17(9-7-15)33(27,31)32/h1-11,14,22,28-29H,12-13H2,(H2,27,31,32). The van der Waals surface area contributed by atoms with E-state index >= 15 is 0 Å². The molecule has 0 spiro atoms. The average molecular weight is 502 g/mol. The second-order valence-corrected chi connectivity index (χ2v) is 9.93. The number of ketones is 1. The molecule has 1 atom stereocenters. The molecule has 4 N–H and O–H groups in total. The Kier molecular flexibility index (Phi) is 6.88. The number of benzene rings is 3.